The predicted molar refractivity (Wildman–Crippen MR) is 78.2 cm³/mol. The van der Waals surface area contributed by atoms with Crippen LogP contribution in [0.15, 0.2) is 24.3 Å². The van der Waals surface area contributed by atoms with E-state index in [2.05, 4.69) is 29.1 Å². The third-order valence-corrected chi connectivity index (χ3v) is 4.04. The first-order chi connectivity index (χ1) is 9.11. The van der Waals surface area contributed by atoms with Crippen LogP contribution in [0.25, 0.3) is 0 Å². The number of halogens is 1. The molecule has 4 heteroatoms. The Morgan fingerprint density at radius 3 is 2.89 bits per heavy atom. The Hall–Kier alpha value is -1.13. The van der Waals surface area contributed by atoms with Crippen molar-refractivity contribution in [3.8, 4) is 0 Å². The molecule has 0 spiro atoms. The zero-order chi connectivity index (χ0) is 13.8. The van der Waals surface area contributed by atoms with Gasteiger partial charge in [0.25, 0.3) is 0 Å². The minimum Gasteiger partial charge on any atom is -0.367 e. The second-order valence-electron chi connectivity index (χ2n) is 5.46. The monoisotopic (exact) mass is 265 g/mol. The summed E-state index contributed by atoms with van der Waals surface area (Å²) in [6.07, 6.45) is 1.10. The molecule has 2 atom stereocenters. The van der Waals surface area contributed by atoms with Gasteiger partial charge in [-0.3, -0.25) is 0 Å². The molecule has 3 nitrogen and oxygen atoms in total. The van der Waals surface area contributed by atoms with Gasteiger partial charge in [0.15, 0.2) is 0 Å². The number of nitrogens with zero attached hydrogens (tertiary/aromatic N) is 2. The van der Waals surface area contributed by atoms with Crippen molar-refractivity contribution in [1.29, 1.82) is 0 Å². The van der Waals surface area contributed by atoms with E-state index in [9.17, 15) is 4.39 Å². The van der Waals surface area contributed by atoms with Crippen molar-refractivity contribution in [1.82, 2.24) is 10.2 Å². The molecule has 0 aliphatic carbocycles. The summed E-state index contributed by atoms with van der Waals surface area (Å²) < 4.78 is 13.4. The quantitative estimate of drug-likeness (QED) is 0.901. The van der Waals surface area contributed by atoms with Gasteiger partial charge in [-0.2, -0.15) is 0 Å². The van der Waals surface area contributed by atoms with E-state index in [1.54, 1.807) is 12.1 Å². The molecule has 1 aliphatic heterocycles. The molecule has 1 aliphatic rings. The van der Waals surface area contributed by atoms with Gasteiger partial charge in [0.2, 0.25) is 0 Å². The molecule has 2 rings (SSSR count). The van der Waals surface area contributed by atoms with E-state index in [0.717, 1.165) is 31.7 Å². The summed E-state index contributed by atoms with van der Waals surface area (Å²) in [7, 11) is 4.15. The van der Waals surface area contributed by atoms with Crippen LogP contribution >= 0.6 is 0 Å². The molecule has 1 aromatic carbocycles. The molecule has 19 heavy (non-hydrogen) atoms. The molecule has 0 radical (unpaired) electrons. The number of nitrogens with one attached hydrogen (secondary N) is 1. The van der Waals surface area contributed by atoms with Crippen LogP contribution in [-0.4, -0.2) is 50.7 Å². The second kappa shape index (κ2) is 6.35. The first-order valence-corrected chi connectivity index (χ1v) is 6.99. The number of benzene rings is 1. The summed E-state index contributed by atoms with van der Waals surface area (Å²) in [5, 5.41) is 3.25. The SMILES string of the molecule is CNCC1CN(c2cccc(F)c2)C(C)CCN1C. The van der Waals surface area contributed by atoms with Gasteiger partial charge in [-0.25, -0.2) is 4.39 Å². The highest BCUT2D eigenvalue weighted by Gasteiger charge is 2.26. The highest BCUT2D eigenvalue weighted by atomic mass is 19.1. The highest BCUT2D eigenvalue weighted by molar-refractivity contribution is 5.47. The number of rotatable bonds is 3. The average molecular weight is 265 g/mol. The zero-order valence-corrected chi connectivity index (χ0v) is 12.1. The normalized spacial score (nSPS) is 25.4. The number of hydrogen-bond donors (Lipinski definition) is 1. The van der Waals surface area contributed by atoms with Crippen molar-refractivity contribution in [2.24, 2.45) is 0 Å². The van der Waals surface area contributed by atoms with Gasteiger partial charge in [-0.05, 0) is 45.6 Å². The summed E-state index contributed by atoms with van der Waals surface area (Å²) in [5.74, 6) is -0.160. The molecule has 0 aromatic heterocycles. The molecule has 1 saturated heterocycles. The fourth-order valence-corrected chi connectivity index (χ4v) is 2.75. The lowest BCUT2D eigenvalue weighted by molar-refractivity contribution is 0.256. The third-order valence-electron chi connectivity index (χ3n) is 4.04. The van der Waals surface area contributed by atoms with E-state index >= 15 is 0 Å². The molecule has 1 N–H and O–H groups in total. The van der Waals surface area contributed by atoms with Gasteiger partial charge in [0.05, 0.1) is 0 Å². The summed E-state index contributed by atoms with van der Waals surface area (Å²) in [6, 6.07) is 7.83. The molecule has 2 unspecified atom stereocenters. The van der Waals surface area contributed by atoms with E-state index in [1.165, 1.54) is 6.07 Å². The largest absolute Gasteiger partial charge is 0.367 e. The summed E-state index contributed by atoms with van der Waals surface area (Å²) >= 11 is 0. The van der Waals surface area contributed by atoms with Crippen molar-refractivity contribution in [3.63, 3.8) is 0 Å². The van der Waals surface area contributed by atoms with Crippen LogP contribution in [0.4, 0.5) is 10.1 Å². The predicted octanol–water partition coefficient (Wildman–Crippen LogP) is 1.94. The zero-order valence-electron chi connectivity index (χ0n) is 12.1. The number of likely N-dealkylation sites (N-methyl/N-ethyl adjacent to an activating group) is 2. The molecule has 1 fully saturated rings. The van der Waals surface area contributed by atoms with Gasteiger partial charge in [-0.15, -0.1) is 0 Å². The standard InChI is InChI=1S/C15H24FN3/c1-12-7-8-18(3)15(10-17-2)11-19(12)14-6-4-5-13(16)9-14/h4-6,9,12,15,17H,7-8,10-11H2,1-3H3. The Balaban J connectivity index is 2.21. The summed E-state index contributed by atoms with van der Waals surface area (Å²) in [4.78, 5) is 4.72. The lowest BCUT2D eigenvalue weighted by Crippen LogP contribution is -2.45. The second-order valence-corrected chi connectivity index (χ2v) is 5.46. The highest BCUT2D eigenvalue weighted by Crippen LogP contribution is 2.23. The Bertz CT molecular complexity index is 410. The van der Waals surface area contributed by atoms with Crippen LogP contribution in [0.1, 0.15) is 13.3 Å². The van der Waals surface area contributed by atoms with Gasteiger partial charge >= 0.3 is 0 Å². The fourth-order valence-electron chi connectivity index (χ4n) is 2.75. The Morgan fingerprint density at radius 1 is 1.42 bits per heavy atom. The molecular weight excluding hydrogens is 241 g/mol. The van der Waals surface area contributed by atoms with Gasteiger partial charge in [0.1, 0.15) is 5.82 Å². The van der Waals surface area contributed by atoms with Gasteiger partial charge in [0, 0.05) is 37.4 Å². The molecule has 1 aromatic rings. The minimum absolute atomic E-state index is 0.160. The summed E-state index contributed by atoms with van der Waals surface area (Å²) in [6.45, 7) is 5.19. The average Bonchev–Trinajstić information content (AvgIpc) is 2.52. The lowest BCUT2D eigenvalue weighted by Gasteiger charge is -2.32. The molecular formula is C15H24FN3. The smallest absolute Gasteiger partial charge is 0.125 e. The number of anilines is 1. The van der Waals surface area contributed by atoms with Gasteiger partial charge in [-0.1, -0.05) is 6.07 Å². The number of hydrogen-bond acceptors (Lipinski definition) is 3. The molecule has 0 bridgehead atoms. The maximum atomic E-state index is 13.4. The van der Waals surface area contributed by atoms with Crippen molar-refractivity contribution < 1.29 is 4.39 Å². The fraction of sp³-hybridized carbons (Fsp3) is 0.600. The van der Waals surface area contributed by atoms with Crippen LogP contribution in [-0.2, 0) is 0 Å². The molecule has 0 amide bonds. The van der Waals surface area contributed by atoms with Crippen LogP contribution < -0.4 is 10.2 Å². The van der Waals surface area contributed by atoms with Crippen molar-refractivity contribution >= 4 is 5.69 Å². The van der Waals surface area contributed by atoms with E-state index in [0.29, 0.717) is 12.1 Å². The molecule has 106 valence electrons. The van der Waals surface area contributed by atoms with Crippen LogP contribution in [0, 0.1) is 5.82 Å². The molecule has 1 heterocycles. The van der Waals surface area contributed by atoms with Crippen LogP contribution in [0.2, 0.25) is 0 Å². The Kier molecular flexibility index (Phi) is 4.77. The van der Waals surface area contributed by atoms with E-state index in [1.807, 2.05) is 13.1 Å². The van der Waals surface area contributed by atoms with E-state index in [-0.39, 0.29) is 5.82 Å². The topological polar surface area (TPSA) is 18.5 Å². The van der Waals surface area contributed by atoms with E-state index < -0.39 is 0 Å². The first-order valence-electron chi connectivity index (χ1n) is 6.99. The molecule has 0 saturated carbocycles. The van der Waals surface area contributed by atoms with E-state index in [4.69, 9.17) is 0 Å². The maximum absolute atomic E-state index is 13.4. The van der Waals surface area contributed by atoms with Crippen molar-refractivity contribution in [3.05, 3.63) is 30.1 Å². The Labute approximate surface area is 115 Å². The van der Waals surface area contributed by atoms with Crippen LogP contribution in [0.5, 0.6) is 0 Å². The minimum atomic E-state index is -0.160. The van der Waals surface area contributed by atoms with Crippen molar-refractivity contribution in [2.45, 2.75) is 25.4 Å². The maximum Gasteiger partial charge on any atom is 0.125 e. The van der Waals surface area contributed by atoms with Crippen molar-refractivity contribution in [2.75, 3.05) is 38.6 Å². The first kappa shape index (κ1) is 14.3. The third kappa shape index (κ3) is 3.45. The lowest BCUT2D eigenvalue weighted by atomic mass is 10.1. The van der Waals surface area contributed by atoms with Crippen LogP contribution in [0.3, 0.4) is 0 Å². The van der Waals surface area contributed by atoms with Gasteiger partial charge < -0.3 is 15.1 Å². The Morgan fingerprint density at radius 2 is 2.21 bits per heavy atom. The summed E-state index contributed by atoms with van der Waals surface area (Å²) in [5.41, 5.74) is 0.990.